The summed E-state index contributed by atoms with van der Waals surface area (Å²) in [6.45, 7) is 1.27. The van der Waals surface area contributed by atoms with Crippen molar-refractivity contribution >= 4 is 11.8 Å². The van der Waals surface area contributed by atoms with Crippen molar-refractivity contribution in [1.82, 2.24) is 15.1 Å². The quantitative estimate of drug-likeness (QED) is 0.654. The van der Waals surface area contributed by atoms with Gasteiger partial charge in [0.1, 0.15) is 0 Å². The summed E-state index contributed by atoms with van der Waals surface area (Å²) in [5.74, 6) is 0.295. The second-order valence-electron chi connectivity index (χ2n) is 3.77. The maximum absolute atomic E-state index is 10.4. The molecule has 82 valence electrons. The highest BCUT2D eigenvalue weighted by Gasteiger charge is 2.21. The van der Waals surface area contributed by atoms with E-state index < -0.39 is 6.09 Å². The van der Waals surface area contributed by atoms with Crippen LogP contribution in [0.15, 0.2) is 6.20 Å². The molecule has 2 rings (SSSR count). The fraction of sp³-hybridized carbons (Fsp3) is 0.556. The Labute approximate surface area is 87.3 Å². The molecule has 0 fully saturated rings. The first-order valence-corrected chi connectivity index (χ1v) is 4.88. The minimum absolute atomic E-state index is 0.295. The maximum atomic E-state index is 10.4. The highest BCUT2D eigenvalue weighted by atomic mass is 16.4. The van der Waals surface area contributed by atoms with Crippen molar-refractivity contribution in [3.63, 3.8) is 0 Å². The van der Waals surface area contributed by atoms with Gasteiger partial charge in [-0.05, 0) is 12.3 Å². The van der Waals surface area contributed by atoms with E-state index in [-0.39, 0.29) is 0 Å². The number of amides is 1. The van der Waals surface area contributed by atoms with Gasteiger partial charge in [-0.25, -0.2) is 4.79 Å². The fourth-order valence-corrected chi connectivity index (χ4v) is 1.83. The summed E-state index contributed by atoms with van der Waals surface area (Å²) in [7, 11) is 1.90. The molecule has 3 N–H and O–H groups in total. The summed E-state index contributed by atoms with van der Waals surface area (Å²) >= 11 is 0. The van der Waals surface area contributed by atoms with E-state index >= 15 is 0 Å². The average Bonchev–Trinajstić information content (AvgIpc) is 2.57. The summed E-state index contributed by atoms with van der Waals surface area (Å²) in [4.78, 5) is 10.4. The van der Waals surface area contributed by atoms with Gasteiger partial charge in [0.05, 0.1) is 17.6 Å². The molecule has 0 aromatic carbocycles. The van der Waals surface area contributed by atoms with Crippen LogP contribution in [0.5, 0.6) is 0 Å². The van der Waals surface area contributed by atoms with Gasteiger partial charge in [0, 0.05) is 20.1 Å². The number of carbonyl (C=O) groups is 1. The summed E-state index contributed by atoms with van der Waals surface area (Å²) in [6, 6.07) is 0. The normalized spacial score (nSPS) is 19.1. The topological polar surface area (TPSA) is 79.2 Å². The number of nitrogens with zero attached hydrogens (tertiary/aromatic N) is 2. The van der Waals surface area contributed by atoms with Gasteiger partial charge < -0.3 is 15.7 Å². The summed E-state index contributed by atoms with van der Waals surface area (Å²) in [5.41, 5.74) is 2.20. The van der Waals surface area contributed by atoms with Crippen LogP contribution < -0.4 is 10.6 Å². The number of fused-ring (bicyclic) bond motifs is 1. The molecular formula is C9H14N4O2. The van der Waals surface area contributed by atoms with Crippen LogP contribution >= 0.6 is 0 Å². The van der Waals surface area contributed by atoms with Crippen molar-refractivity contribution in [3.05, 3.63) is 11.9 Å². The van der Waals surface area contributed by atoms with Gasteiger partial charge in [-0.3, -0.25) is 4.68 Å². The number of aromatic nitrogens is 2. The molecule has 0 bridgehead atoms. The lowest BCUT2D eigenvalue weighted by atomic mass is 9.99. The molecule has 0 spiro atoms. The second-order valence-corrected chi connectivity index (χ2v) is 3.77. The Morgan fingerprint density at radius 1 is 1.87 bits per heavy atom. The zero-order valence-electron chi connectivity index (χ0n) is 8.53. The zero-order valence-corrected chi connectivity index (χ0v) is 8.53. The van der Waals surface area contributed by atoms with Gasteiger partial charge in [0.15, 0.2) is 0 Å². The van der Waals surface area contributed by atoms with Crippen LogP contribution in [0.25, 0.3) is 0 Å². The lowest BCUT2D eigenvalue weighted by Gasteiger charge is -2.23. The van der Waals surface area contributed by atoms with Crippen molar-refractivity contribution in [1.29, 1.82) is 0 Å². The molecule has 6 nitrogen and oxygen atoms in total. The van der Waals surface area contributed by atoms with E-state index in [1.165, 1.54) is 0 Å². The Kier molecular flexibility index (Phi) is 2.49. The van der Waals surface area contributed by atoms with Crippen LogP contribution in [0.3, 0.4) is 0 Å². The van der Waals surface area contributed by atoms with E-state index in [9.17, 15) is 4.79 Å². The molecule has 1 aliphatic rings. The predicted molar refractivity (Wildman–Crippen MR) is 54.9 cm³/mol. The predicted octanol–water partition coefficient (Wildman–Crippen LogP) is 0.272. The molecule has 1 unspecified atom stereocenters. The van der Waals surface area contributed by atoms with E-state index in [1.807, 2.05) is 11.7 Å². The minimum atomic E-state index is -0.967. The molecule has 0 radical (unpaired) electrons. The van der Waals surface area contributed by atoms with Crippen LogP contribution in [-0.4, -0.2) is 34.1 Å². The molecule has 1 atom stereocenters. The highest BCUT2D eigenvalue weighted by molar-refractivity contribution is 5.64. The number of nitrogens with one attached hydrogen (secondary N) is 2. The number of carboxylic acid groups (broad SMARTS) is 1. The van der Waals surface area contributed by atoms with Gasteiger partial charge in [0.25, 0.3) is 0 Å². The zero-order chi connectivity index (χ0) is 10.8. The van der Waals surface area contributed by atoms with Crippen LogP contribution in [0.4, 0.5) is 10.5 Å². The molecule has 1 aromatic heterocycles. The van der Waals surface area contributed by atoms with E-state index in [2.05, 4.69) is 15.7 Å². The van der Waals surface area contributed by atoms with Crippen molar-refractivity contribution in [2.24, 2.45) is 13.0 Å². The molecule has 0 aliphatic carbocycles. The van der Waals surface area contributed by atoms with Crippen LogP contribution in [0, 0.1) is 5.92 Å². The first-order chi connectivity index (χ1) is 7.16. The van der Waals surface area contributed by atoms with E-state index in [1.54, 1.807) is 6.20 Å². The third-order valence-electron chi connectivity index (χ3n) is 2.67. The molecule has 2 heterocycles. The molecule has 1 amide bonds. The summed E-state index contributed by atoms with van der Waals surface area (Å²) in [5, 5.41) is 18.3. The van der Waals surface area contributed by atoms with E-state index in [4.69, 9.17) is 5.11 Å². The monoisotopic (exact) mass is 210 g/mol. The Morgan fingerprint density at radius 3 is 3.40 bits per heavy atom. The molecule has 1 aliphatic heterocycles. The Hall–Kier alpha value is -1.72. The number of anilines is 1. The third kappa shape index (κ3) is 2.03. The Balaban J connectivity index is 1.99. The van der Waals surface area contributed by atoms with Gasteiger partial charge in [-0.1, -0.05) is 0 Å². The lowest BCUT2D eigenvalue weighted by Crippen LogP contribution is -2.35. The van der Waals surface area contributed by atoms with Crippen molar-refractivity contribution in [3.8, 4) is 0 Å². The van der Waals surface area contributed by atoms with E-state index in [0.717, 1.165) is 24.3 Å². The fourth-order valence-electron chi connectivity index (χ4n) is 1.83. The number of aryl methyl sites for hydroxylation is 1. The van der Waals surface area contributed by atoms with Crippen LogP contribution in [0.1, 0.15) is 5.69 Å². The maximum Gasteiger partial charge on any atom is 0.404 e. The SMILES string of the molecule is Cn1ncc2c1CC(CNC(=O)O)CN2. The standard InChI is InChI=1S/C9H14N4O2/c1-13-8-2-6(4-11-9(14)15)3-10-7(8)5-12-13/h5-6,10-11H,2-4H2,1H3,(H,14,15). The van der Waals surface area contributed by atoms with Gasteiger partial charge in [-0.2, -0.15) is 5.10 Å². The van der Waals surface area contributed by atoms with Crippen LogP contribution in [-0.2, 0) is 13.5 Å². The number of rotatable bonds is 2. The number of hydrogen-bond acceptors (Lipinski definition) is 3. The molecule has 0 saturated heterocycles. The molecule has 0 saturated carbocycles. The van der Waals surface area contributed by atoms with Crippen molar-refractivity contribution < 1.29 is 9.90 Å². The molecule has 15 heavy (non-hydrogen) atoms. The molecular weight excluding hydrogens is 196 g/mol. The van der Waals surface area contributed by atoms with Crippen LogP contribution in [0.2, 0.25) is 0 Å². The molecule has 6 heteroatoms. The average molecular weight is 210 g/mol. The summed E-state index contributed by atoms with van der Waals surface area (Å²) in [6.07, 6.45) is 1.70. The second kappa shape index (κ2) is 3.80. The largest absolute Gasteiger partial charge is 0.465 e. The highest BCUT2D eigenvalue weighted by Crippen LogP contribution is 2.23. The number of hydrogen-bond donors (Lipinski definition) is 3. The summed E-state index contributed by atoms with van der Waals surface area (Å²) < 4.78 is 1.83. The first kappa shape index (κ1) is 9.82. The van der Waals surface area contributed by atoms with Gasteiger partial charge >= 0.3 is 6.09 Å². The minimum Gasteiger partial charge on any atom is -0.465 e. The lowest BCUT2D eigenvalue weighted by molar-refractivity contribution is 0.192. The Morgan fingerprint density at radius 2 is 2.67 bits per heavy atom. The van der Waals surface area contributed by atoms with Crippen molar-refractivity contribution in [2.45, 2.75) is 6.42 Å². The van der Waals surface area contributed by atoms with E-state index in [0.29, 0.717) is 12.5 Å². The van der Waals surface area contributed by atoms with Crippen molar-refractivity contribution in [2.75, 3.05) is 18.4 Å². The molecule has 1 aromatic rings. The van der Waals surface area contributed by atoms with Gasteiger partial charge in [0.2, 0.25) is 0 Å². The smallest absolute Gasteiger partial charge is 0.404 e. The third-order valence-corrected chi connectivity index (χ3v) is 2.67. The van der Waals surface area contributed by atoms with Gasteiger partial charge in [-0.15, -0.1) is 0 Å². The Bertz CT molecular complexity index is 374. The first-order valence-electron chi connectivity index (χ1n) is 4.88.